The lowest BCUT2D eigenvalue weighted by molar-refractivity contribution is -0.122. The number of pyridine rings is 1. The molecule has 2 heterocycles. The second kappa shape index (κ2) is 13.7. The minimum absolute atomic E-state index is 0.0165. The molecule has 1 unspecified atom stereocenters. The van der Waals surface area contributed by atoms with E-state index in [1.165, 1.54) is 23.6 Å². The number of nitrogens with one attached hydrogen (secondary N) is 2. The van der Waals surface area contributed by atoms with E-state index in [0.29, 0.717) is 22.0 Å². The van der Waals surface area contributed by atoms with Crippen LogP contribution in [0.15, 0.2) is 71.1 Å². The molecule has 2 aromatic carbocycles. The molecule has 1 atom stereocenters. The molecule has 2 N–H and O–H groups in total. The summed E-state index contributed by atoms with van der Waals surface area (Å²) in [6.07, 6.45) is 0.733. The fourth-order valence-electron chi connectivity index (χ4n) is 4.69. The normalized spacial score (nSPS) is 12.7. The smallest absolute Gasteiger partial charge is 0.425 e. The van der Waals surface area contributed by atoms with Crippen LogP contribution in [0.2, 0.25) is 0 Å². The molecule has 0 aliphatic carbocycles. The molecule has 0 saturated carbocycles. The van der Waals surface area contributed by atoms with E-state index in [2.05, 4.69) is 15.6 Å². The molecule has 3 amide bonds. The van der Waals surface area contributed by atoms with Crippen LogP contribution in [0.1, 0.15) is 63.6 Å². The Labute approximate surface area is 279 Å². The molecule has 0 saturated heterocycles. The highest BCUT2D eigenvalue weighted by Crippen LogP contribution is 2.32. The first-order valence-corrected chi connectivity index (χ1v) is 17.6. The van der Waals surface area contributed by atoms with Gasteiger partial charge in [0.2, 0.25) is 5.91 Å². The average molecular weight is 681 g/mol. The van der Waals surface area contributed by atoms with Crippen molar-refractivity contribution in [2.75, 3.05) is 16.5 Å². The molecule has 0 aliphatic rings. The van der Waals surface area contributed by atoms with Gasteiger partial charge in [-0.3, -0.25) is 4.79 Å². The summed E-state index contributed by atoms with van der Waals surface area (Å²) in [5.41, 5.74) is 0.204. The lowest BCUT2D eigenvalue weighted by atomic mass is 10.1. The van der Waals surface area contributed by atoms with Crippen molar-refractivity contribution >= 4 is 61.5 Å². The number of rotatable bonds is 8. The number of benzene rings is 2. The van der Waals surface area contributed by atoms with Gasteiger partial charge in [-0.2, -0.15) is 4.90 Å². The van der Waals surface area contributed by atoms with Gasteiger partial charge in [0.05, 0.1) is 4.90 Å². The molecule has 11 nitrogen and oxygen atoms in total. The van der Waals surface area contributed by atoms with Gasteiger partial charge >= 0.3 is 12.2 Å². The summed E-state index contributed by atoms with van der Waals surface area (Å²) in [5, 5.41) is 9.20. The van der Waals surface area contributed by atoms with E-state index in [9.17, 15) is 22.8 Å². The number of fused-ring (bicyclic) bond motifs is 1. The second-order valence-electron chi connectivity index (χ2n) is 13.0. The summed E-state index contributed by atoms with van der Waals surface area (Å²) >= 11 is 1.42. The molecule has 250 valence electrons. The lowest BCUT2D eigenvalue weighted by Crippen LogP contribution is -2.44. The summed E-state index contributed by atoms with van der Waals surface area (Å²) in [5.74, 6) is -0.319. The third kappa shape index (κ3) is 9.07. The molecule has 47 heavy (non-hydrogen) atoms. The lowest BCUT2D eigenvalue weighted by Gasteiger charge is -2.28. The number of ether oxygens (including phenoxy) is 2. The standard InChI is InChI=1S/C34H40N4O7S2/c1-21-16-18-46-28(21)27(30(39)36-20-23-11-9-10-12-26(23)47(8,42)43)37-24-13-14-25-22(19-24)15-17-35-29(25)38(31(40)44-33(2,3)4)32(41)45-34(5,6)7/h9-19,27,37H,20H2,1-8H3,(H,36,39). The molecule has 0 bridgehead atoms. The highest BCUT2D eigenvalue weighted by atomic mass is 32.2. The van der Waals surface area contributed by atoms with Gasteiger partial charge in [0.15, 0.2) is 15.7 Å². The summed E-state index contributed by atoms with van der Waals surface area (Å²) in [6, 6.07) is 14.6. The number of aromatic nitrogens is 1. The maximum absolute atomic E-state index is 13.7. The molecule has 13 heteroatoms. The minimum Gasteiger partial charge on any atom is -0.443 e. The molecule has 0 spiro atoms. The molecule has 4 aromatic rings. The first-order valence-electron chi connectivity index (χ1n) is 14.8. The van der Waals surface area contributed by atoms with E-state index in [0.717, 1.165) is 21.6 Å². The van der Waals surface area contributed by atoms with Crippen molar-refractivity contribution in [2.24, 2.45) is 0 Å². The van der Waals surface area contributed by atoms with E-state index >= 15 is 0 Å². The number of hydrogen-bond donors (Lipinski definition) is 2. The highest BCUT2D eigenvalue weighted by Gasteiger charge is 2.34. The predicted octanol–water partition coefficient (Wildman–Crippen LogP) is 7.15. The van der Waals surface area contributed by atoms with Crippen LogP contribution in [-0.2, 0) is 30.7 Å². The number of aryl methyl sites for hydroxylation is 1. The molecule has 0 radical (unpaired) electrons. The predicted molar refractivity (Wildman–Crippen MR) is 184 cm³/mol. The van der Waals surface area contributed by atoms with Crippen molar-refractivity contribution < 1.29 is 32.3 Å². The summed E-state index contributed by atoms with van der Waals surface area (Å²) in [7, 11) is -3.49. The molecular formula is C34H40N4O7S2. The van der Waals surface area contributed by atoms with Crippen LogP contribution in [0.5, 0.6) is 0 Å². The van der Waals surface area contributed by atoms with Crippen LogP contribution < -0.4 is 15.5 Å². The Morgan fingerprint density at radius 1 is 0.936 bits per heavy atom. The van der Waals surface area contributed by atoms with E-state index in [1.807, 2.05) is 18.4 Å². The van der Waals surface area contributed by atoms with E-state index in [-0.39, 0.29) is 23.2 Å². The Morgan fingerprint density at radius 2 is 1.57 bits per heavy atom. The Hall–Kier alpha value is -4.49. The zero-order valence-electron chi connectivity index (χ0n) is 27.7. The number of thiophene rings is 1. The van der Waals surface area contributed by atoms with Gasteiger partial charge in [0.25, 0.3) is 0 Å². The van der Waals surface area contributed by atoms with Crippen LogP contribution in [0.3, 0.4) is 0 Å². The highest BCUT2D eigenvalue weighted by molar-refractivity contribution is 7.90. The Morgan fingerprint density at radius 3 is 2.15 bits per heavy atom. The van der Waals surface area contributed by atoms with Crippen molar-refractivity contribution in [2.45, 2.75) is 77.2 Å². The average Bonchev–Trinajstić information content (AvgIpc) is 3.37. The SMILES string of the molecule is Cc1ccsc1C(Nc1ccc2c(N(C(=O)OC(C)(C)C)C(=O)OC(C)(C)C)nccc2c1)C(=O)NCc1ccccc1S(C)(=O)=O. The molecule has 2 aromatic heterocycles. The van der Waals surface area contributed by atoms with Crippen LogP contribution in [-0.4, -0.2) is 49.0 Å². The van der Waals surface area contributed by atoms with Gasteiger partial charge < -0.3 is 20.1 Å². The number of carbonyl (C=O) groups excluding carboxylic acids is 3. The van der Waals surface area contributed by atoms with Crippen LogP contribution in [0.25, 0.3) is 10.8 Å². The first kappa shape index (κ1) is 35.4. The Balaban J connectivity index is 1.68. The van der Waals surface area contributed by atoms with Crippen molar-refractivity contribution in [3.8, 4) is 0 Å². The van der Waals surface area contributed by atoms with Crippen LogP contribution >= 0.6 is 11.3 Å². The topological polar surface area (TPSA) is 144 Å². The van der Waals surface area contributed by atoms with Gasteiger partial charge in [-0.25, -0.2) is 23.0 Å². The first-order chi connectivity index (χ1) is 21.8. The van der Waals surface area contributed by atoms with Gasteiger partial charge in [0.1, 0.15) is 17.2 Å². The van der Waals surface area contributed by atoms with Gasteiger partial charge in [0, 0.05) is 34.9 Å². The van der Waals surface area contributed by atoms with E-state index in [4.69, 9.17) is 9.47 Å². The maximum atomic E-state index is 13.7. The quantitative estimate of drug-likeness (QED) is 0.198. The van der Waals surface area contributed by atoms with E-state index < -0.39 is 39.3 Å². The molecule has 0 aliphatic heterocycles. The monoisotopic (exact) mass is 680 g/mol. The van der Waals surface area contributed by atoms with Crippen molar-refractivity contribution in [3.05, 3.63) is 82.2 Å². The fraction of sp³-hybridized carbons (Fsp3) is 0.353. The van der Waals surface area contributed by atoms with Crippen molar-refractivity contribution in [1.29, 1.82) is 0 Å². The summed E-state index contributed by atoms with van der Waals surface area (Å²) in [4.78, 5) is 46.4. The minimum atomic E-state index is -3.49. The fourth-order valence-corrected chi connectivity index (χ4v) is 6.60. The molecular weight excluding hydrogens is 641 g/mol. The molecule has 0 fully saturated rings. The van der Waals surface area contributed by atoms with Crippen molar-refractivity contribution in [3.63, 3.8) is 0 Å². The number of carbonyl (C=O) groups is 3. The zero-order chi connectivity index (χ0) is 34.7. The third-order valence-electron chi connectivity index (χ3n) is 6.67. The Bertz CT molecular complexity index is 1880. The Kier molecular flexibility index (Phi) is 10.3. The van der Waals surface area contributed by atoms with Crippen molar-refractivity contribution in [1.82, 2.24) is 10.3 Å². The number of sulfone groups is 1. The molecule has 4 rings (SSSR count). The van der Waals surface area contributed by atoms with E-state index in [1.54, 1.807) is 84.0 Å². The van der Waals surface area contributed by atoms with Gasteiger partial charge in [-0.15, -0.1) is 11.3 Å². The van der Waals surface area contributed by atoms with Gasteiger partial charge in [-0.05, 0) is 107 Å². The largest absolute Gasteiger partial charge is 0.443 e. The van der Waals surface area contributed by atoms with Crippen LogP contribution in [0.4, 0.5) is 21.1 Å². The number of amides is 3. The summed E-state index contributed by atoms with van der Waals surface area (Å²) < 4.78 is 35.6. The third-order valence-corrected chi connectivity index (χ3v) is 8.95. The maximum Gasteiger partial charge on any atom is 0.425 e. The zero-order valence-corrected chi connectivity index (χ0v) is 29.3. The second-order valence-corrected chi connectivity index (χ2v) is 15.9. The number of hydrogen-bond acceptors (Lipinski definition) is 10. The number of nitrogens with zero attached hydrogens (tertiary/aromatic N) is 2. The van der Waals surface area contributed by atoms with Gasteiger partial charge in [-0.1, -0.05) is 18.2 Å². The summed E-state index contributed by atoms with van der Waals surface area (Å²) in [6.45, 7) is 12.1. The number of imide groups is 1. The number of anilines is 2. The van der Waals surface area contributed by atoms with Crippen LogP contribution in [0, 0.1) is 6.92 Å².